The van der Waals surface area contributed by atoms with Crippen molar-refractivity contribution >= 4 is 11.0 Å². The molecular weight excluding hydrogens is 308 g/mol. The van der Waals surface area contributed by atoms with Crippen molar-refractivity contribution in [1.82, 2.24) is 29.7 Å². The van der Waals surface area contributed by atoms with Gasteiger partial charge in [0.15, 0.2) is 5.65 Å². The topological polar surface area (TPSA) is 98.6 Å². The summed E-state index contributed by atoms with van der Waals surface area (Å²) in [6.07, 6.45) is 4.65. The van der Waals surface area contributed by atoms with Crippen molar-refractivity contribution in [3.8, 4) is 11.7 Å². The second-order valence-corrected chi connectivity index (χ2v) is 4.96. The molecule has 0 radical (unpaired) electrons. The minimum atomic E-state index is -0.269. The highest BCUT2D eigenvalue weighted by molar-refractivity contribution is 5.75. The fourth-order valence-corrected chi connectivity index (χ4v) is 2.28. The number of benzene rings is 1. The smallest absolute Gasteiger partial charge is 0.316 e. The molecule has 0 aliphatic heterocycles. The molecular formula is C16H12N6O2. The minimum absolute atomic E-state index is 0.0508. The molecule has 24 heavy (non-hydrogen) atoms. The molecule has 0 atom stereocenters. The van der Waals surface area contributed by atoms with Gasteiger partial charge in [0.25, 0.3) is 5.56 Å². The summed E-state index contributed by atoms with van der Waals surface area (Å²) in [5, 5.41) is 4.67. The van der Waals surface area contributed by atoms with Crippen LogP contribution in [0, 0.1) is 0 Å². The van der Waals surface area contributed by atoms with E-state index in [1.165, 1.54) is 6.20 Å². The van der Waals surface area contributed by atoms with E-state index < -0.39 is 0 Å². The average molecular weight is 320 g/mol. The van der Waals surface area contributed by atoms with Crippen molar-refractivity contribution in [2.45, 2.75) is 6.61 Å². The van der Waals surface area contributed by atoms with E-state index in [-0.39, 0.29) is 18.2 Å². The highest BCUT2D eigenvalue weighted by Gasteiger charge is 2.12. The highest BCUT2D eigenvalue weighted by atomic mass is 16.5. The zero-order chi connectivity index (χ0) is 16.4. The first kappa shape index (κ1) is 14.1. The van der Waals surface area contributed by atoms with Gasteiger partial charge in [-0.2, -0.15) is 5.10 Å². The number of aromatic nitrogens is 6. The fraction of sp³-hybridized carbons (Fsp3) is 0.0625. The molecule has 8 heteroatoms. The lowest BCUT2D eigenvalue weighted by molar-refractivity contribution is 0.271. The predicted octanol–water partition coefficient (Wildman–Crippen LogP) is 1.48. The van der Waals surface area contributed by atoms with Crippen molar-refractivity contribution in [2.75, 3.05) is 0 Å². The normalized spacial score (nSPS) is 10.8. The summed E-state index contributed by atoms with van der Waals surface area (Å²) < 4.78 is 7.05. The van der Waals surface area contributed by atoms with Gasteiger partial charge in [-0.3, -0.25) is 4.79 Å². The Kier molecular flexibility index (Phi) is 3.47. The molecule has 0 amide bonds. The first-order chi connectivity index (χ1) is 11.8. The van der Waals surface area contributed by atoms with Gasteiger partial charge in [-0.25, -0.2) is 19.6 Å². The molecule has 0 aliphatic rings. The largest absolute Gasteiger partial charge is 0.455 e. The van der Waals surface area contributed by atoms with Gasteiger partial charge in [0.2, 0.25) is 0 Å². The van der Waals surface area contributed by atoms with E-state index in [9.17, 15) is 4.79 Å². The lowest BCUT2D eigenvalue weighted by Crippen LogP contribution is -2.14. The van der Waals surface area contributed by atoms with Crippen molar-refractivity contribution in [1.29, 1.82) is 0 Å². The molecule has 0 saturated carbocycles. The van der Waals surface area contributed by atoms with Crippen LogP contribution in [0.1, 0.15) is 5.82 Å². The Morgan fingerprint density at radius 2 is 1.88 bits per heavy atom. The lowest BCUT2D eigenvalue weighted by atomic mass is 10.3. The van der Waals surface area contributed by atoms with Gasteiger partial charge in [-0.15, -0.1) is 0 Å². The summed E-state index contributed by atoms with van der Waals surface area (Å²) in [7, 11) is 0. The number of nitrogens with zero attached hydrogens (tertiary/aromatic N) is 5. The maximum Gasteiger partial charge on any atom is 0.316 e. The Morgan fingerprint density at radius 3 is 2.67 bits per heavy atom. The van der Waals surface area contributed by atoms with Gasteiger partial charge >= 0.3 is 6.01 Å². The Bertz CT molecular complexity index is 1030. The van der Waals surface area contributed by atoms with E-state index in [1.54, 1.807) is 23.1 Å². The van der Waals surface area contributed by atoms with Gasteiger partial charge in [-0.05, 0) is 18.2 Å². The molecule has 3 aromatic heterocycles. The van der Waals surface area contributed by atoms with Crippen LogP contribution < -0.4 is 10.3 Å². The number of fused-ring (bicyclic) bond motifs is 1. The maximum absolute atomic E-state index is 12.2. The van der Waals surface area contributed by atoms with Crippen LogP contribution in [0.4, 0.5) is 0 Å². The van der Waals surface area contributed by atoms with Gasteiger partial charge < -0.3 is 9.72 Å². The third-order valence-corrected chi connectivity index (χ3v) is 3.37. The molecule has 1 N–H and O–H groups in total. The van der Waals surface area contributed by atoms with Crippen LogP contribution >= 0.6 is 0 Å². The number of ether oxygens (including phenoxy) is 1. The fourth-order valence-electron chi connectivity index (χ4n) is 2.28. The monoisotopic (exact) mass is 320 g/mol. The molecule has 118 valence electrons. The Hall–Kier alpha value is -3.55. The molecule has 0 spiro atoms. The first-order valence-electron chi connectivity index (χ1n) is 7.23. The standard InChI is InChI=1S/C16H12N6O2/c23-15-12-9-19-22(11-5-2-1-3-6-11)14(12)20-13(21-15)10-24-16-17-7-4-8-18-16/h1-9H,10H2,(H,20,21,23). The summed E-state index contributed by atoms with van der Waals surface area (Å²) in [6, 6.07) is 11.4. The first-order valence-corrected chi connectivity index (χ1v) is 7.23. The molecule has 1 aromatic carbocycles. The Balaban J connectivity index is 1.72. The molecule has 0 aliphatic carbocycles. The molecule has 4 rings (SSSR count). The zero-order valence-electron chi connectivity index (χ0n) is 12.5. The van der Waals surface area contributed by atoms with Gasteiger partial charge in [0.1, 0.15) is 17.8 Å². The number of hydrogen-bond acceptors (Lipinski definition) is 6. The number of hydrogen-bond donors (Lipinski definition) is 1. The van der Waals surface area contributed by atoms with Crippen LogP contribution in [-0.2, 0) is 6.61 Å². The molecule has 0 bridgehead atoms. The van der Waals surface area contributed by atoms with Crippen LogP contribution in [0.5, 0.6) is 6.01 Å². The van der Waals surface area contributed by atoms with Gasteiger partial charge in [0.05, 0.1) is 11.9 Å². The summed E-state index contributed by atoms with van der Waals surface area (Å²) >= 11 is 0. The van der Waals surface area contributed by atoms with Crippen LogP contribution in [0.15, 0.2) is 59.8 Å². The van der Waals surface area contributed by atoms with Gasteiger partial charge in [-0.1, -0.05) is 18.2 Å². The third-order valence-electron chi connectivity index (χ3n) is 3.37. The minimum Gasteiger partial charge on any atom is -0.455 e. The van der Waals surface area contributed by atoms with Crippen LogP contribution in [0.3, 0.4) is 0 Å². The quantitative estimate of drug-likeness (QED) is 0.611. The number of aromatic amines is 1. The van der Waals surface area contributed by atoms with E-state index in [4.69, 9.17) is 4.74 Å². The summed E-state index contributed by atoms with van der Waals surface area (Å²) in [5.74, 6) is 0.373. The van der Waals surface area contributed by atoms with E-state index in [1.807, 2.05) is 30.3 Å². The molecule has 3 heterocycles. The molecule has 0 unspecified atom stereocenters. The van der Waals surface area contributed by atoms with Crippen molar-refractivity contribution in [3.63, 3.8) is 0 Å². The van der Waals surface area contributed by atoms with Crippen molar-refractivity contribution in [2.24, 2.45) is 0 Å². The molecule has 4 aromatic rings. The second kappa shape index (κ2) is 5.92. The number of nitrogens with one attached hydrogen (secondary N) is 1. The number of para-hydroxylation sites is 1. The number of rotatable bonds is 4. The van der Waals surface area contributed by atoms with Crippen LogP contribution in [0.2, 0.25) is 0 Å². The second-order valence-electron chi connectivity index (χ2n) is 4.96. The van der Waals surface area contributed by atoms with Gasteiger partial charge in [0, 0.05) is 12.4 Å². The molecule has 0 saturated heterocycles. The third kappa shape index (κ3) is 2.60. The van der Waals surface area contributed by atoms with Crippen LogP contribution in [-0.4, -0.2) is 29.7 Å². The summed E-state index contributed by atoms with van der Waals surface area (Å²) in [4.78, 5) is 27.3. The Labute approximate surface area is 135 Å². The van der Waals surface area contributed by atoms with Crippen LogP contribution in [0.25, 0.3) is 16.7 Å². The lowest BCUT2D eigenvalue weighted by Gasteiger charge is -2.05. The molecule has 8 nitrogen and oxygen atoms in total. The van der Waals surface area contributed by atoms with E-state index >= 15 is 0 Å². The Morgan fingerprint density at radius 1 is 1.08 bits per heavy atom. The zero-order valence-corrected chi connectivity index (χ0v) is 12.5. The van der Waals surface area contributed by atoms with E-state index in [0.717, 1.165) is 5.69 Å². The maximum atomic E-state index is 12.2. The summed E-state index contributed by atoms with van der Waals surface area (Å²) in [6.45, 7) is 0.0508. The summed E-state index contributed by atoms with van der Waals surface area (Å²) in [5.41, 5.74) is 1.02. The SMILES string of the molecule is O=c1[nH]c(COc2ncccn2)nc2c1cnn2-c1ccccc1. The van der Waals surface area contributed by atoms with Crippen molar-refractivity contribution < 1.29 is 4.74 Å². The number of H-pyrrole nitrogens is 1. The van der Waals surface area contributed by atoms with Crippen molar-refractivity contribution in [3.05, 3.63) is 71.2 Å². The van der Waals surface area contributed by atoms with E-state index in [2.05, 4.69) is 25.0 Å². The van der Waals surface area contributed by atoms with E-state index in [0.29, 0.717) is 16.9 Å². The highest BCUT2D eigenvalue weighted by Crippen LogP contribution is 2.13. The predicted molar refractivity (Wildman–Crippen MR) is 85.8 cm³/mol. The molecule has 0 fully saturated rings. The average Bonchev–Trinajstić information content (AvgIpc) is 3.06.